The van der Waals surface area contributed by atoms with E-state index in [1.165, 1.54) is 0 Å². The van der Waals surface area contributed by atoms with Crippen LogP contribution in [0.3, 0.4) is 0 Å². The Hall–Kier alpha value is -1.22. The fraction of sp³-hybridized carbons (Fsp3) is 0.462. The van der Waals surface area contributed by atoms with Crippen molar-refractivity contribution in [1.29, 1.82) is 0 Å². The van der Waals surface area contributed by atoms with Crippen molar-refractivity contribution in [3.63, 3.8) is 0 Å². The van der Waals surface area contributed by atoms with Crippen molar-refractivity contribution in [2.75, 3.05) is 5.88 Å². The van der Waals surface area contributed by atoms with Crippen LogP contribution >= 0.6 is 11.6 Å². The molecule has 3 nitrogen and oxygen atoms in total. The van der Waals surface area contributed by atoms with E-state index in [-0.39, 0.29) is 17.7 Å². The minimum Gasteiger partial charge on any atom is -0.508 e. The van der Waals surface area contributed by atoms with Crippen molar-refractivity contribution in [3.05, 3.63) is 29.3 Å². The smallest absolute Gasteiger partial charge is 0.251 e. The van der Waals surface area contributed by atoms with Crippen LogP contribution in [0.25, 0.3) is 0 Å². The fourth-order valence-electron chi connectivity index (χ4n) is 1.63. The molecule has 0 fully saturated rings. The SMILES string of the molecule is Cc1c(O)cccc1C(=O)NC(C)CCCCl. The number of aromatic hydroxyl groups is 1. The first kappa shape index (κ1) is 13.8. The van der Waals surface area contributed by atoms with E-state index in [4.69, 9.17) is 11.6 Å². The van der Waals surface area contributed by atoms with Gasteiger partial charge in [-0.1, -0.05) is 6.07 Å². The van der Waals surface area contributed by atoms with E-state index in [9.17, 15) is 9.90 Å². The standard InChI is InChI=1S/C13H18ClNO2/c1-9(5-4-8-14)15-13(17)11-6-3-7-12(16)10(11)2/h3,6-7,9,16H,4-5,8H2,1-2H3,(H,15,17). The molecule has 1 rings (SSSR count). The van der Waals surface area contributed by atoms with Gasteiger partial charge in [-0.2, -0.15) is 0 Å². The van der Waals surface area contributed by atoms with E-state index >= 15 is 0 Å². The maximum Gasteiger partial charge on any atom is 0.251 e. The predicted octanol–water partition coefficient (Wildman–Crippen LogP) is 2.84. The third-order valence-electron chi connectivity index (χ3n) is 2.70. The Morgan fingerprint density at radius 2 is 2.24 bits per heavy atom. The molecule has 0 saturated carbocycles. The van der Waals surface area contributed by atoms with E-state index in [1.54, 1.807) is 25.1 Å². The van der Waals surface area contributed by atoms with Gasteiger partial charge in [0.05, 0.1) is 0 Å². The number of phenolic OH excluding ortho intramolecular Hbond substituents is 1. The highest BCUT2D eigenvalue weighted by Gasteiger charge is 2.13. The molecule has 0 heterocycles. The summed E-state index contributed by atoms with van der Waals surface area (Å²) in [5.41, 5.74) is 1.12. The van der Waals surface area contributed by atoms with Crippen molar-refractivity contribution in [1.82, 2.24) is 5.32 Å². The molecule has 0 bridgehead atoms. The minimum atomic E-state index is -0.152. The Morgan fingerprint density at radius 3 is 2.88 bits per heavy atom. The minimum absolute atomic E-state index is 0.0861. The number of hydrogen-bond donors (Lipinski definition) is 2. The summed E-state index contributed by atoms with van der Waals surface area (Å²) < 4.78 is 0. The van der Waals surface area contributed by atoms with Crippen LogP contribution in [-0.2, 0) is 0 Å². The Bertz CT molecular complexity index is 393. The quantitative estimate of drug-likeness (QED) is 0.795. The molecule has 1 atom stereocenters. The molecule has 0 saturated heterocycles. The van der Waals surface area contributed by atoms with Gasteiger partial charge in [0.25, 0.3) is 5.91 Å². The second-order valence-electron chi connectivity index (χ2n) is 4.16. The summed E-state index contributed by atoms with van der Waals surface area (Å²) in [6.07, 6.45) is 1.73. The maximum atomic E-state index is 11.9. The van der Waals surface area contributed by atoms with Gasteiger partial charge in [-0.15, -0.1) is 11.6 Å². The van der Waals surface area contributed by atoms with Crippen LogP contribution in [0, 0.1) is 6.92 Å². The summed E-state index contributed by atoms with van der Waals surface area (Å²) >= 11 is 5.60. The molecule has 0 aromatic heterocycles. The summed E-state index contributed by atoms with van der Waals surface area (Å²) in [5, 5.41) is 12.4. The normalized spacial score (nSPS) is 12.2. The third kappa shape index (κ3) is 3.93. The highest BCUT2D eigenvalue weighted by molar-refractivity contribution is 6.17. The lowest BCUT2D eigenvalue weighted by molar-refractivity contribution is 0.0937. The van der Waals surface area contributed by atoms with Crippen molar-refractivity contribution in [2.24, 2.45) is 0 Å². The molecule has 1 amide bonds. The molecule has 2 N–H and O–H groups in total. The topological polar surface area (TPSA) is 49.3 Å². The van der Waals surface area contributed by atoms with Gasteiger partial charge < -0.3 is 10.4 Å². The molecule has 4 heteroatoms. The average Bonchev–Trinajstić information content (AvgIpc) is 2.29. The first-order chi connectivity index (χ1) is 8.06. The highest BCUT2D eigenvalue weighted by Crippen LogP contribution is 2.19. The molecule has 1 aromatic carbocycles. The van der Waals surface area contributed by atoms with E-state index in [1.807, 2.05) is 6.92 Å². The van der Waals surface area contributed by atoms with Crippen LogP contribution in [0.15, 0.2) is 18.2 Å². The Balaban J connectivity index is 2.67. The Labute approximate surface area is 107 Å². The highest BCUT2D eigenvalue weighted by atomic mass is 35.5. The molecule has 0 spiro atoms. The van der Waals surface area contributed by atoms with Crippen LogP contribution in [0.2, 0.25) is 0 Å². The van der Waals surface area contributed by atoms with Crippen LogP contribution in [0.4, 0.5) is 0 Å². The first-order valence-electron chi connectivity index (χ1n) is 5.71. The number of alkyl halides is 1. The number of carbonyl (C=O) groups is 1. The van der Waals surface area contributed by atoms with Gasteiger partial charge in [-0.05, 0) is 38.8 Å². The molecule has 17 heavy (non-hydrogen) atoms. The molecule has 0 aliphatic rings. The summed E-state index contributed by atoms with van der Waals surface area (Å²) in [6, 6.07) is 5.03. The summed E-state index contributed by atoms with van der Waals surface area (Å²) in [5.74, 6) is 0.595. The van der Waals surface area contributed by atoms with E-state index in [0.717, 1.165) is 12.8 Å². The van der Waals surface area contributed by atoms with E-state index in [0.29, 0.717) is 17.0 Å². The monoisotopic (exact) mass is 255 g/mol. The Kier molecular flexibility index (Phi) is 5.29. The van der Waals surface area contributed by atoms with Gasteiger partial charge in [0, 0.05) is 23.0 Å². The molecule has 94 valence electrons. The zero-order valence-corrected chi connectivity index (χ0v) is 10.9. The zero-order chi connectivity index (χ0) is 12.8. The first-order valence-corrected chi connectivity index (χ1v) is 6.25. The van der Waals surface area contributed by atoms with Crippen molar-refractivity contribution < 1.29 is 9.90 Å². The molecular formula is C13H18ClNO2. The lowest BCUT2D eigenvalue weighted by Crippen LogP contribution is -2.33. The summed E-state index contributed by atoms with van der Waals surface area (Å²) in [4.78, 5) is 11.9. The number of amides is 1. The van der Waals surface area contributed by atoms with Gasteiger partial charge in [0.2, 0.25) is 0 Å². The zero-order valence-electron chi connectivity index (χ0n) is 10.2. The number of carbonyl (C=O) groups excluding carboxylic acids is 1. The molecule has 0 aliphatic heterocycles. The molecular weight excluding hydrogens is 238 g/mol. The molecule has 0 aliphatic carbocycles. The lowest BCUT2D eigenvalue weighted by Gasteiger charge is -2.14. The van der Waals surface area contributed by atoms with Crippen LogP contribution < -0.4 is 5.32 Å². The van der Waals surface area contributed by atoms with Gasteiger partial charge in [0.15, 0.2) is 0 Å². The fourth-order valence-corrected chi connectivity index (χ4v) is 1.78. The van der Waals surface area contributed by atoms with Crippen molar-refractivity contribution >= 4 is 17.5 Å². The van der Waals surface area contributed by atoms with Gasteiger partial charge >= 0.3 is 0 Å². The molecule has 0 radical (unpaired) electrons. The number of rotatable bonds is 5. The van der Waals surface area contributed by atoms with E-state index < -0.39 is 0 Å². The third-order valence-corrected chi connectivity index (χ3v) is 2.97. The number of nitrogens with one attached hydrogen (secondary N) is 1. The average molecular weight is 256 g/mol. The maximum absolute atomic E-state index is 11.9. The van der Waals surface area contributed by atoms with Gasteiger partial charge in [-0.3, -0.25) is 4.79 Å². The van der Waals surface area contributed by atoms with Crippen LogP contribution in [0.1, 0.15) is 35.7 Å². The molecule has 1 unspecified atom stereocenters. The van der Waals surface area contributed by atoms with Crippen LogP contribution in [-0.4, -0.2) is 22.9 Å². The summed E-state index contributed by atoms with van der Waals surface area (Å²) in [6.45, 7) is 3.68. The number of halogens is 1. The second kappa shape index (κ2) is 6.50. The predicted molar refractivity (Wildman–Crippen MR) is 69.7 cm³/mol. The van der Waals surface area contributed by atoms with Crippen molar-refractivity contribution in [3.8, 4) is 5.75 Å². The largest absolute Gasteiger partial charge is 0.508 e. The van der Waals surface area contributed by atoms with Gasteiger partial charge in [-0.25, -0.2) is 0 Å². The molecule has 1 aromatic rings. The summed E-state index contributed by atoms with van der Waals surface area (Å²) in [7, 11) is 0. The van der Waals surface area contributed by atoms with Crippen LogP contribution in [0.5, 0.6) is 5.75 Å². The number of phenols is 1. The Morgan fingerprint density at radius 1 is 1.53 bits per heavy atom. The van der Waals surface area contributed by atoms with Gasteiger partial charge in [0.1, 0.15) is 5.75 Å². The number of benzene rings is 1. The van der Waals surface area contributed by atoms with E-state index in [2.05, 4.69) is 5.32 Å². The lowest BCUT2D eigenvalue weighted by atomic mass is 10.1. The number of hydrogen-bond acceptors (Lipinski definition) is 2. The van der Waals surface area contributed by atoms with Crippen molar-refractivity contribution in [2.45, 2.75) is 32.7 Å². The second-order valence-corrected chi connectivity index (χ2v) is 4.53.